The minimum absolute atomic E-state index is 0.0665. The molecular formula is C9H13ClO2. The molecule has 0 heterocycles. The zero-order valence-electron chi connectivity index (χ0n) is 7.56. The summed E-state index contributed by atoms with van der Waals surface area (Å²) in [6.07, 6.45) is 0. The van der Waals surface area contributed by atoms with Crippen LogP contribution in [0, 0.1) is 22.7 Å². The Bertz CT molecular complexity index is 249. The first kappa shape index (κ1) is 8.36. The van der Waals surface area contributed by atoms with Gasteiger partial charge in [-0.15, -0.1) is 11.6 Å². The van der Waals surface area contributed by atoms with Gasteiger partial charge in [0.25, 0.3) is 0 Å². The van der Waals surface area contributed by atoms with Crippen molar-refractivity contribution >= 4 is 17.6 Å². The fourth-order valence-corrected chi connectivity index (χ4v) is 3.52. The van der Waals surface area contributed by atoms with E-state index in [0.717, 1.165) is 0 Å². The molecule has 2 rings (SSSR count). The van der Waals surface area contributed by atoms with E-state index in [9.17, 15) is 4.79 Å². The number of fused-ring (bicyclic) bond motifs is 1. The Balaban J connectivity index is 2.18. The topological polar surface area (TPSA) is 26.3 Å². The van der Waals surface area contributed by atoms with Crippen LogP contribution in [0.2, 0.25) is 0 Å². The second-order valence-corrected chi connectivity index (χ2v) is 4.63. The molecule has 0 aliphatic heterocycles. The number of carbonyl (C=O) groups excluding carboxylic acids is 1. The lowest BCUT2D eigenvalue weighted by atomic mass is 9.86. The van der Waals surface area contributed by atoms with Crippen LogP contribution in [0.15, 0.2) is 0 Å². The van der Waals surface area contributed by atoms with Gasteiger partial charge >= 0.3 is 5.97 Å². The number of halogens is 1. The zero-order chi connectivity index (χ0) is 9.15. The molecule has 12 heavy (non-hydrogen) atoms. The predicted molar refractivity (Wildman–Crippen MR) is 45.9 cm³/mol. The predicted octanol–water partition coefficient (Wildman–Crippen LogP) is 1.67. The van der Waals surface area contributed by atoms with Gasteiger partial charge in [-0.3, -0.25) is 4.79 Å². The molecule has 68 valence electrons. The summed E-state index contributed by atoms with van der Waals surface area (Å²) in [4.78, 5) is 11.4. The summed E-state index contributed by atoms with van der Waals surface area (Å²) in [5.41, 5.74) is -0.0663. The SMILES string of the molecule is COC(=O)C12C(CCl)C1C2(C)C. The van der Waals surface area contributed by atoms with Gasteiger partial charge in [0, 0.05) is 5.88 Å². The number of ether oxygens (including phenoxy) is 1. The highest BCUT2D eigenvalue weighted by atomic mass is 35.5. The molecule has 0 aromatic rings. The minimum atomic E-state index is -0.205. The van der Waals surface area contributed by atoms with Crippen LogP contribution < -0.4 is 0 Å². The highest BCUT2D eigenvalue weighted by molar-refractivity contribution is 6.19. The van der Waals surface area contributed by atoms with Gasteiger partial charge in [0.1, 0.15) is 0 Å². The van der Waals surface area contributed by atoms with Crippen LogP contribution in [-0.2, 0) is 9.53 Å². The third-order valence-corrected chi connectivity index (χ3v) is 4.15. The van der Waals surface area contributed by atoms with E-state index in [1.54, 1.807) is 0 Å². The average Bonchev–Trinajstić information content (AvgIpc) is 2.86. The zero-order valence-corrected chi connectivity index (χ0v) is 8.31. The molecule has 2 saturated carbocycles. The van der Waals surface area contributed by atoms with Gasteiger partial charge in [-0.25, -0.2) is 0 Å². The molecule has 3 heteroatoms. The molecular weight excluding hydrogens is 176 g/mol. The third-order valence-electron chi connectivity index (χ3n) is 3.82. The maximum absolute atomic E-state index is 11.4. The van der Waals surface area contributed by atoms with Crippen molar-refractivity contribution in [1.29, 1.82) is 0 Å². The fourth-order valence-electron chi connectivity index (χ4n) is 3.10. The number of methoxy groups -OCH3 is 1. The smallest absolute Gasteiger partial charge is 0.313 e. The molecule has 0 bridgehead atoms. The van der Waals surface area contributed by atoms with Crippen LogP contribution >= 0.6 is 11.6 Å². The molecule has 0 saturated heterocycles. The fraction of sp³-hybridized carbons (Fsp3) is 0.889. The molecule has 0 spiro atoms. The molecule has 2 aliphatic carbocycles. The Labute approximate surface area is 77.2 Å². The first-order chi connectivity index (χ1) is 5.55. The van der Waals surface area contributed by atoms with Gasteiger partial charge in [-0.2, -0.15) is 0 Å². The lowest BCUT2D eigenvalue weighted by Gasteiger charge is -2.20. The summed E-state index contributed by atoms with van der Waals surface area (Å²) in [6, 6.07) is 0. The van der Waals surface area contributed by atoms with E-state index < -0.39 is 0 Å². The van der Waals surface area contributed by atoms with Gasteiger partial charge < -0.3 is 4.74 Å². The second-order valence-electron chi connectivity index (χ2n) is 4.32. The van der Waals surface area contributed by atoms with Gasteiger partial charge in [-0.05, 0) is 17.3 Å². The van der Waals surface area contributed by atoms with Crippen molar-refractivity contribution in [2.24, 2.45) is 22.7 Å². The van der Waals surface area contributed by atoms with Crippen molar-refractivity contribution in [3.8, 4) is 0 Å². The number of esters is 1. The summed E-state index contributed by atoms with van der Waals surface area (Å²) in [5, 5.41) is 0. The van der Waals surface area contributed by atoms with Gasteiger partial charge in [0.2, 0.25) is 0 Å². The van der Waals surface area contributed by atoms with Crippen molar-refractivity contribution in [2.45, 2.75) is 13.8 Å². The van der Waals surface area contributed by atoms with Crippen LogP contribution in [0.4, 0.5) is 0 Å². The quantitative estimate of drug-likeness (QED) is 0.487. The standard InChI is InChI=1S/C9H13ClO2/c1-8(2)6-5(4-10)9(6,8)7(11)12-3/h5-6H,4H2,1-3H3. The van der Waals surface area contributed by atoms with E-state index in [-0.39, 0.29) is 16.8 Å². The Morgan fingerprint density at radius 3 is 2.42 bits per heavy atom. The number of hydrogen-bond acceptors (Lipinski definition) is 2. The first-order valence-electron chi connectivity index (χ1n) is 4.19. The molecule has 2 aliphatic rings. The van der Waals surface area contributed by atoms with E-state index >= 15 is 0 Å². The summed E-state index contributed by atoms with van der Waals surface area (Å²) in [5.74, 6) is 1.38. The van der Waals surface area contributed by atoms with Gasteiger partial charge in [0.05, 0.1) is 12.5 Å². The lowest BCUT2D eigenvalue weighted by molar-refractivity contribution is -0.147. The van der Waals surface area contributed by atoms with E-state index in [4.69, 9.17) is 16.3 Å². The highest BCUT2D eigenvalue weighted by Crippen LogP contribution is 2.91. The minimum Gasteiger partial charge on any atom is -0.469 e. The van der Waals surface area contributed by atoms with E-state index in [2.05, 4.69) is 13.8 Å². The molecule has 0 aromatic heterocycles. The molecule has 2 nitrogen and oxygen atoms in total. The Kier molecular flexibility index (Phi) is 1.38. The van der Waals surface area contributed by atoms with Crippen LogP contribution in [0.25, 0.3) is 0 Å². The second kappa shape index (κ2) is 1.98. The van der Waals surface area contributed by atoms with Crippen molar-refractivity contribution in [1.82, 2.24) is 0 Å². The normalized spacial score (nSPS) is 46.3. The van der Waals surface area contributed by atoms with Crippen molar-refractivity contribution in [2.75, 3.05) is 13.0 Å². The molecule has 2 fully saturated rings. The highest BCUT2D eigenvalue weighted by Gasteiger charge is 2.95. The number of hydrogen-bond donors (Lipinski definition) is 0. The van der Waals surface area contributed by atoms with Crippen LogP contribution in [0.5, 0.6) is 0 Å². The molecule has 0 N–H and O–H groups in total. The number of alkyl halides is 1. The van der Waals surface area contributed by atoms with Crippen molar-refractivity contribution < 1.29 is 9.53 Å². The monoisotopic (exact) mass is 188 g/mol. The van der Waals surface area contributed by atoms with E-state index in [1.807, 2.05) is 0 Å². The van der Waals surface area contributed by atoms with Crippen LogP contribution in [0.1, 0.15) is 13.8 Å². The van der Waals surface area contributed by atoms with Crippen LogP contribution in [0.3, 0.4) is 0 Å². The number of carbonyl (C=O) groups is 1. The maximum Gasteiger partial charge on any atom is 0.313 e. The summed E-state index contributed by atoms with van der Waals surface area (Å²) in [6.45, 7) is 4.22. The van der Waals surface area contributed by atoms with Crippen molar-refractivity contribution in [3.05, 3.63) is 0 Å². The maximum atomic E-state index is 11.4. The van der Waals surface area contributed by atoms with Crippen molar-refractivity contribution in [3.63, 3.8) is 0 Å². The summed E-state index contributed by atoms with van der Waals surface area (Å²) < 4.78 is 4.79. The Morgan fingerprint density at radius 2 is 2.17 bits per heavy atom. The van der Waals surface area contributed by atoms with Gasteiger partial charge in [-0.1, -0.05) is 13.8 Å². The summed E-state index contributed by atoms with van der Waals surface area (Å²) in [7, 11) is 1.45. The first-order valence-corrected chi connectivity index (χ1v) is 4.73. The molecule has 0 aromatic carbocycles. The Hall–Kier alpha value is -0.240. The molecule has 0 amide bonds. The third kappa shape index (κ3) is 0.554. The van der Waals surface area contributed by atoms with Crippen LogP contribution in [-0.4, -0.2) is 19.0 Å². The summed E-state index contributed by atoms with van der Waals surface area (Å²) >= 11 is 5.73. The lowest BCUT2D eigenvalue weighted by Crippen LogP contribution is -2.26. The molecule has 3 unspecified atom stereocenters. The molecule has 0 radical (unpaired) electrons. The Morgan fingerprint density at radius 1 is 1.58 bits per heavy atom. The van der Waals surface area contributed by atoms with Gasteiger partial charge in [0.15, 0.2) is 0 Å². The van der Waals surface area contributed by atoms with E-state index in [1.165, 1.54) is 7.11 Å². The average molecular weight is 189 g/mol. The number of rotatable bonds is 2. The largest absolute Gasteiger partial charge is 0.469 e. The molecule has 3 atom stereocenters. The van der Waals surface area contributed by atoms with E-state index in [0.29, 0.717) is 17.7 Å².